The van der Waals surface area contributed by atoms with Crippen LogP contribution in [-0.2, 0) is 16.6 Å². The smallest absolute Gasteiger partial charge is 0.265 e. The zero-order chi connectivity index (χ0) is 14.9. The molecular weight excluding hydrogens is 309 g/mol. The highest BCUT2D eigenvalue weighted by Crippen LogP contribution is 2.24. The molecule has 0 saturated carbocycles. The fourth-order valence-corrected chi connectivity index (χ4v) is 3.01. The maximum absolute atomic E-state index is 13.3. The molecule has 0 unspecified atom stereocenters. The first-order chi connectivity index (χ1) is 9.33. The van der Waals surface area contributed by atoms with Gasteiger partial charge in [-0.1, -0.05) is 11.6 Å². The molecule has 2 aromatic rings. The van der Waals surface area contributed by atoms with Crippen LogP contribution < -0.4 is 4.72 Å². The number of anilines is 1. The van der Waals surface area contributed by atoms with Crippen LogP contribution in [0.25, 0.3) is 0 Å². The van der Waals surface area contributed by atoms with E-state index in [0.717, 1.165) is 6.07 Å². The van der Waals surface area contributed by atoms with E-state index in [9.17, 15) is 12.8 Å². The third-order valence-corrected chi connectivity index (χ3v) is 4.34. The van der Waals surface area contributed by atoms with Crippen LogP contribution in [0.1, 0.15) is 11.5 Å². The Morgan fingerprint density at radius 1 is 1.40 bits per heavy atom. The van der Waals surface area contributed by atoms with Crippen molar-refractivity contribution in [2.45, 2.75) is 18.4 Å². The third kappa shape index (κ3) is 2.95. The monoisotopic (exact) mass is 319 g/mol. The number of halogens is 2. The van der Waals surface area contributed by atoms with Gasteiger partial charge in [-0.15, -0.1) is 0 Å². The average molecular weight is 320 g/mol. The van der Waals surface area contributed by atoms with Crippen molar-refractivity contribution >= 4 is 27.3 Å². The first-order valence-corrected chi connectivity index (χ1v) is 7.37. The van der Waals surface area contributed by atoms with Crippen molar-refractivity contribution in [1.29, 1.82) is 0 Å². The predicted molar refractivity (Wildman–Crippen MR) is 71.6 cm³/mol. The summed E-state index contributed by atoms with van der Waals surface area (Å²) >= 11 is 5.52. The van der Waals surface area contributed by atoms with E-state index in [1.54, 1.807) is 0 Å². The largest absolute Gasteiger partial charge is 0.462 e. The maximum atomic E-state index is 13.3. The second-order valence-corrected chi connectivity index (χ2v) is 6.08. The summed E-state index contributed by atoms with van der Waals surface area (Å²) in [5.41, 5.74) is 0.0399. The second kappa shape index (κ2) is 5.43. The highest BCUT2D eigenvalue weighted by molar-refractivity contribution is 7.92. The van der Waals surface area contributed by atoms with Gasteiger partial charge in [0.05, 0.1) is 10.7 Å². The number of aryl methyl sites for hydroxylation is 1. The molecule has 5 nitrogen and oxygen atoms in total. The molecule has 0 bridgehead atoms. The Labute approximate surface area is 120 Å². The molecule has 1 heterocycles. The van der Waals surface area contributed by atoms with Crippen LogP contribution in [-0.4, -0.2) is 13.5 Å². The molecule has 0 amide bonds. The number of furan rings is 1. The summed E-state index contributed by atoms with van der Waals surface area (Å²) in [5.74, 6) is -0.465. The minimum atomic E-state index is -3.93. The number of benzene rings is 1. The molecule has 0 radical (unpaired) electrons. The summed E-state index contributed by atoms with van der Waals surface area (Å²) < 4.78 is 44.8. The Morgan fingerprint density at radius 2 is 2.10 bits per heavy atom. The summed E-state index contributed by atoms with van der Waals surface area (Å²) in [4.78, 5) is -0.114. The highest BCUT2D eigenvalue weighted by atomic mass is 35.5. The quantitative estimate of drug-likeness (QED) is 0.908. The summed E-state index contributed by atoms with van der Waals surface area (Å²) in [6, 6.07) is 4.77. The summed E-state index contributed by atoms with van der Waals surface area (Å²) in [6.45, 7) is 1.04. The first-order valence-electron chi connectivity index (χ1n) is 5.51. The van der Waals surface area contributed by atoms with E-state index in [-0.39, 0.29) is 27.1 Å². The van der Waals surface area contributed by atoms with Gasteiger partial charge in [0.1, 0.15) is 28.8 Å². The normalized spacial score (nSPS) is 11.6. The van der Waals surface area contributed by atoms with Gasteiger partial charge in [-0.3, -0.25) is 4.72 Å². The maximum Gasteiger partial charge on any atom is 0.265 e. The summed E-state index contributed by atoms with van der Waals surface area (Å²) in [5, 5.41) is 8.82. The van der Waals surface area contributed by atoms with E-state index in [1.165, 1.54) is 25.1 Å². The van der Waals surface area contributed by atoms with E-state index in [2.05, 4.69) is 4.72 Å². The number of aliphatic hydroxyl groups is 1. The molecule has 0 fully saturated rings. The van der Waals surface area contributed by atoms with Gasteiger partial charge in [0, 0.05) is 6.07 Å². The summed E-state index contributed by atoms with van der Waals surface area (Å²) in [7, 11) is -3.93. The van der Waals surface area contributed by atoms with Gasteiger partial charge in [-0.05, 0) is 25.1 Å². The lowest BCUT2D eigenvalue weighted by molar-refractivity contribution is 0.245. The molecule has 8 heteroatoms. The molecule has 0 spiro atoms. The van der Waals surface area contributed by atoms with Crippen molar-refractivity contribution in [1.82, 2.24) is 0 Å². The van der Waals surface area contributed by atoms with Gasteiger partial charge in [-0.25, -0.2) is 12.8 Å². The standard InChI is InChI=1S/C12H11ClFNO4S/c1-7-12(5-9(6-16)19-7)20(17,18)15-8-2-3-10(13)11(14)4-8/h2-5,15-16H,6H2,1H3. The topological polar surface area (TPSA) is 79.5 Å². The Bertz CT molecular complexity index is 742. The van der Waals surface area contributed by atoms with E-state index in [0.29, 0.717) is 0 Å². The third-order valence-electron chi connectivity index (χ3n) is 2.54. The second-order valence-electron chi connectivity index (χ2n) is 4.03. The molecule has 108 valence electrons. The van der Waals surface area contributed by atoms with Gasteiger partial charge in [0.25, 0.3) is 10.0 Å². The molecule has 0 aliphatic heterocycles. The fraction of sp³-hybridized carbons (Fsp3) is 0.167. The lowest BCUT2D eigenvalue weighted by Crippen LogP contribution is -2.13. The molecule has 0 atom stereocenters. The van der Waals surface area contributed by atoms with Crippen LogP contribution in [0.2, 0.25) is 5.02 Å². The Balaban J connectivity index is 2.35. The highest BCUT2D eigenvalue weighted by Gasteiger charge is 2.21. The SMILES string of the molecule is Cc1oc(CO)cc1S(=O)(=O)Nc1ccc(Cl)c(F)c1. The van der Waals surface area contributed by atoms with Gasteiger partial charge in [-0.2, -0.15) is 0 Å². The first kappa shape index (κ1) is 14.8. The van der Waals surface area contributed by atoms with E-state index < -0.39 is 22.4 Å². The van der Waals surface area contributed by atoms with Crippen LogP contribution in [0, 0.1) is 12.7 Å². The minimum absolute atomic E-state index is 0.0399. The van der Waals surface area contributed by atoms with E-state index in [1.807, 2.05) is 0 Å². The minimum Gasteiger partial charge on any atom is -0.462 e. The van der Waals surface area contributed by atoms with Gasteiger partial charge in [0.2, 0.25) is 0 Å². The van der Waals surface area contributed by atoms with Crippen LogP contribution in [0.3, 0.4) is 0 Å². The van der Waals surface area contributed by atoms with Crippen LogP contribution in [0.15, 0.2) is 33.6 Å². The number of aliphatic hydroxyl groups excluding tert-OH is 1. The molecule has 0 aliphatic rings. The number of hydrogen-bond acceptors (Lipinski definition) is 4. The molecule has 2 N–H and O–H groups in total. The molecule has 20 heavy (non-hydrogen) atoms. The lowest BCUT2D eigenvalue weighted by Gasteiger charge is -2.07. The number of hydrogen-bond donors (Lipinski definition) is 2. The predicted octanol–water partition coefficient (Wildman–Crippen LogP) is 2.67. The van der Waals surface area contributed by atoms with Crippen molar-refractivity contribution in [2.24, 2.45) is 0 Å². The average Bonchev–Trinajstić information content (AvgIpc) is 2.76. The van der Waals surface area contributed by atoms with Crippen LogP contribution in [0.4, 0.5) is 10.1 Å². The van der Waals surface area contributed by atoms with Crippen molar-refractivity contribution in [3.8, 4) is 0 Å². The van der Waals surface area contributed by atoms with Gasteiger partial charge in [0.15, 0.2) is 0 Å². The molecule has 0 aliphatic carbocycles. The molecule has 2 rings (SSSR count). The van der Waals surface area contributed by atoms with Crippen LogP contribution in [0.5, 0.6) is 0 Å². The van der Waals surface area contributed by atoms with Crippen molar-refractivity contribution in [3.63, 3.8) is 0 Å². The molecule has 0 saturated heterocycles. The number of rotatable bonds is 4. The summed E-state index contributed by atoms with van der Waals surface area (Å²) in [6.07, 6.45) is 0. The van der Waals surface area contributed by atoms with Gasteiger partial charge < -0.3 is 9.52 Å². The zero-order valence-corrected chi connectivity index (χ0v) is 11.9. The van der Waals surface area contributed by atoms with E-state index >= 15 is 0 Å². The van der Waals surface area contributed by atoms with E-state index in [4.69, 9.17) is 21.1 Å². The van der Waals surface area contributed by atoms with Crippen molar-refractivity contribution < 1.29 is 22.3 Å². The molecular formula is C12H11ClFNO4S. The van der Waals surface area contributed by atoms with Crippen LogP contribution >= 0.6 is 11.6 Å². The lowest BCUT2D eigenvalue weighted by atomic mass is 10.3. The fourth-order valence-electron chi connectivity index (χ4n) is 1.64. The van der Waals surface area contributed by atoms with Crippen molar-refractivity contribution in [2.75, 3.05) is 4.72 Å². The Hall–Kier alpha value is -1.57. The van der Waals surface area contributed by atoms with Crippen molar-refractivity contribution in [3.05, 3.63) is 46.6 Å². The van der Waals surface area contributed by atoms with Gasteiger partial charge >= 0.3 is 0 Å². The Kier molecular flexibility index (Phi) is 4.03. The molecule has 1 aromatic heterocycles. The number of nitrogens with one attached hydrogen (secondary N) is 1. The Morgan fingerprint density at radius 3 is 2.65 bits per heavy atom. The molecule has 1 aromatic carbocycles. The number of sulfonamides is 1. The zero-order valence-electron chi connectivity index (χ0n) is 10.4.